The highest BCUT2D eigenvalue weighted by Gasteiger charge is 2.72. The predicted molar refractivity (Wildman–Crippen MR) is 249 cm³/mol. The van der Waals surface area contributed by atoms with Crippen molar-refractivity contribution in [2.75, 3.05) is 0 Å². The highest BCUT2D eigenvalue weighted by molar-refractivity contribution is 7.87. The highest BCUT2D eigenvalue weighted by atomic mass is 32.2. The minimum atomic E-state index is -6.07. The number of halogens is 4. The molecule has 8 fully saturated rings. The van der Waals surface area contributed by atoms with E-state index in [9.17, 15) is 81.9 Å². The van der Waals surface area contributed by atoms with Gasteiger partial charge < -0.3 is 47.0 Å². The van der Waals surface area contributed by atoms with Gasteiger partial charge in [-0.1, -0.05) is 39.5 Å². The average molecular weight is 1160 g/mol. The second-order valence-electron chi connectivity index (χ2n) is 22.4. The van der Waals surface area contributed by atoms with Crippen LogP contribution < -0.4 is 0 Å². The zero-order chi connectivity index (χ0) is 57.8. The predicted octanol–water partition coefficient (Wildman–Crippen LogP) is 4.92. The average Bonchev–Trinajstić information content (AvgIpc) is 4.35. The minimum Gasteiger partial charge on any atom is -0.743 e. The fourth-order valence-corrected chi connectivity index (χ4v) is 14.5. The summed E-state index contributed by atoms with van der Waals surface area (Å²) < 4.78 is 161. The second kappa shape index (κ2) is 22.7. The van der Waals surface area contributed by atoms with Crippen LogP contribution in [-0.4, -0.2) is 132 Å². The van der Waals surface area contributed by atoms with Crippen LogP contribution in [0.2, 0.25) is 0 Å². The summed E-state index contributed by atoms with van der Waals surface area (Å²) >= 11 is 0. The Morgan fingerprint density at radius 3 is 1.28 bits per heavy atom. The largest absolute Gasteiger partial charge is 0.743 e. The van der Waals surface area contributed by atoms with Crippen molar-refractivity contribution < 1.29 is 120 Å². The molecule has 4 bridgehead atoms. The third kappa shape index (κ3) is 11.7. The number of carbonyl (C=O) groups is 8. The molecule has 0 spiro atoms. The van der Waals surface area contributed by atoms with E-state index in [1.807, 2.05) is 27.7 Å². The summed E-state index contributed by atoms with van der Waals surface area (Å²) in [6.45, 7) is 8.75. The molecule has 6 aliphatic carbocycles. The number of hydrogen-bond acceptors (Lipinski definition) is 22. The number of rotatable bonds is 22. The molecule has 28 heteroatoms. The fraction of sp³-hybridized carbons (Fsp3) is 0.840. The van der Waals surface area contributed by atoms with E-state index in [0.29, 0.717) is 39.5 Å². The molecule has 22 nitrogen and oxygen atoms in total. The van der Waals surface area contributed by atoms with Crippen LogP contribution in [0, 0.1) is 59.2 Å². The molecule has 0 aromatic heterocycles. The summed E-state index contributed by atoms with van der Waals surface area (Å²) in [6, 6.07) is 0. The molecule has 0 amide bonds. The zero-order valence-corrected chi connectivity index (χ0v) is 45.5. The first kappa shape index (κ1) is 60.9. The topological polar surface area (TPSA) is 325 Å². The van der Waals surface area contributed by atoms with E-state index in [-0.39, 0.29) is 23.7 Å². The Bertz CT molecular complexity index is 2580. The van der Waals surface area contributed by atoms with Crippen molar-refractivity contribution in [2.45, 2.75) is 203 Å². The molecule has 8 aliphatic rings. The number of hydrogen-bond donors (Lipinski definition) is 0. The Morgan fingerprint density at radius 1 is 0.577 bits per heavy atom. The Labute approximate surface area is 448 Å². The molecule has 14 atom stereocenters. The zero-order valence-electron chi connectivity index (χ0n) is 43.9. The third-order valence-electron chi connectivity index (χ3n) is 17.8. The van der Waals surface area contributed by atoms with Crippen LogP contribution in [0.1, 0.15) is 144 Å². The van der Waals surface area contributed by atoms with E-state index in [1.54, 1.807) is 0 Å². The maximum absolute atomic E-state index is 13.6. The molecule has 0 N–H and O–H groups in total. The SMILES string of the molecule is CC(OC(=O)CCC(=O)OC1C2CC3C1OC(=O)C3C2C(=O)OC(C)(C)C1CCCC1)C(F)(F)S(=O)(=O)[O-].CCC(CC)(OC(=O)C1C2CC3C(OC(=O)C31)C2OC(=O)CCC(=O)OC(C)C(F)(F)S(=O)(=O)[O-])C1CCCC1. The second-order valence-corrected chi connectivity index (χ2v) is 25.3. The summed E-state index contributed by atoms with van der Waals surface area (Å²) in [5.41, 5.74) is -1.35. The van der Waals surface area contributed by atoms with Crippen molar-refractivity contribution in [2.24, 2.45) is 59.2 Å². The van der Waals surface area contributed by atoms with Crippen LogP contribution in [0.4, 0.5) is 17.6 Å². The molecule has 14 unspecified atom stereocenters. The molecule has 440 valence electrons. The smallest absolute Gasteiger partial charge is 0.369 e. The summed E-state index contributed by atoms with van der Waals surface area (Å²) in [4.78, 5) is 101. The van der Waals surface area contributed by atoms with Gasteiger partial charge in [0.25, 0.3) is 0 Å². The van der Waals surface area contributed by atoms with Gasteiger partial charge in [-0.25, -0.2) is 16.8 Å². The third-order valence-corrected chi connectivity index (χ3v) is 19.8. The molecular formula is C50H66F4O22S2-2. The van der Waals surface area contributed by atoms with E-state index < -0.39 is 188 Å². The number of fused-ring (bicyclic) bond motifs is 2. The van der Waals surface area contributed by atoms with Crippen LogP contribution in [0.25, 0.3) is 0 Å². The van der Waals surface area contributed by atoms with Gasteiger partial charge in [-0.3, -0.25) is 38.4 Å². The Hall–Kier alpha value is -4.70. The number of carbonyl (C=O) groups excluding carboxylic acids is 8. The standard InChI is InChI=1S/C26H36F2O11S.C24H32F2O11S/c1-4-25(5-2,14-8-6-7-9-14)39-24(32)20-16-12-15-19(20)23(31)38-22(15)21(16)37-18(30)11-10-17(29)36-13(3)26(27,28)40(33,34)35;1-11(24(25,26)38(31,32)33)34-15(27)8-9-16(28)35-19-14-10-13-17(21(29)36-20(13)19)18(14)22(30)37-23(2,3)12-6-4-5-7-12/h13-16,19-22H,4-12H2,1-3H3,(H,33,34,35);11-14,17-20H,4-10H2,1-3H3,(H,31,32,33)/p-2. The van der Waals surface area contributed by atoms with Crippen molar-refractivity contribution in [1.82, 2.24) is 0 Å². The van der Waals surface area contributed by atoms with Gasteiger partial charge in [-0.15, -0.1) is 0 Å². The van der Waals surface area contributed by atoms with E-state index in [4.69, 9.17) is 28.4 Å². The number of alkyl halides is 4. The van der Waals surface area contributed by atoms with Crippen molar-refractivity contribution in [3.05, 3.63) is 0 Å². The molecule has 6 saturated carbocycles. The highest BCUT2D eigenvalue weighted by Crippen LogP contribution is 2.61. The van der Waals surface area contributed by atoms with Crippen molar-refractivity contribution in [3.8, 4) is 0 Å². The molecule has 2 aliphatic heterocycles. The molecule has 8 rings (SSSR count). The van der Waals surface area contributed by atoms with E-state index in [0.717, 1.165) is 51.4 Å². The van der Waals surface area contributed by atoms with E-state index in [2.05, 4.69) is 9.47 Å². The molecule has 0 aromatic carbocycles. The van der Waals surface area contributed by atoms with Crippen molar-refractivity contribution in [3.63, 3.8) is 0 Å². The Morgan fingerprint density at radius 2 is 0.923 bits per heavy atom. The summed E-state index contributed by atoms with van der Waals surface area (Å²) in [5.74, 6) is -10.9. The van der Waals surface area contributed by atoms with Gasteiger partial charge in [-0.2, -0.15) is 17.6 Å². The normalized spacial score (nSPS) is 31.2. The monoisotopic (exact) mass is 1160 g/mol. The summed E-state index contributed by atoms with van der Waals surface area (Å²) in [6.07, 6.45) is -0.967. The van der Waals surface area contributed by atoms with Crippen LogP contribution >= 0.6 is 0 Å². The number of esters is 8. The summed E-state index contributed by atoms with van der Waals surface area (Å²) in [5, 5.41) is -9.69. The lowest BCUT2D eigenvalue weighted by Gasteiger charge is -2.39. The van der Waals surface area contributed by atoms with E-state index >= 15 is 0 Å². The lowest BCUT2D eigenvalue weighted by atomic mass is 9.77. The first-order valence-corrected chi connectivity index (χ1v) is 29.3. The lowest BCUT2D eigenvalue weighted by Crippen LogP contribution is -2.48. The maximum Gasteiger partial charge on any atom is 0.369 e. The first-order chi connectivity index (χ1) is 36.2. The van der Waals surface area contributed by atoms with E-state index in [1.165, 1.54) is 0 Å². The lowest BCUT2D eigenvalue weighted by molar-refractivity contribution is -0.181. The van der Waals surface area contributed by atoms with Crippen molar-refractivity contribution >= 4 is 68.0 Å². The van der Waals surface area contributed by atoms with Gasteiger partial charge in [0, 0.05) is 23.7 Å². The van der Waals surface area contributed by atoms with Gasteiger partial charge in [-0.05, 0) is 90.9 Å². The molecule has 0 aromatic rings. The molecule has 0 radical (unpaired) electrons. The van der Waals surface area contributed by atoms with Crippen molar-refractivity contribution in [1.29, 1.82) is 0 Å². The van der Waals surface area contributed by atoms with Crippen LogP contribution in [0.15, 0.2) is 0 Å². The Balaban J connectivity index is 0.000000226. The van der Waals surface area contributed by atoms with Gasteiger partial charge in [0.1, 0.15) is 35.6 Å². The molecular weight excluding hydrogens is 1090 g/mol. The fourth-order valence-electron chi connectivity index (χ4n) is 13.6. The van der Waals surface area contributed by atoms with Gasteiger partial charge >= 0.3 is 58.3 Å². The molecule has 2 heterocycles. The Kier molecular flexibility index (Phi) is 17.7. The number of ether oxygens (including phenoxy) is 8. The minimum absolute atomic E-state index is 0.207. The summed E-state index contributed by atoms with van der Waals surface area (Å²) in [7, 11) is -12.1. The van der Waals surface area contributed by atoms with Crippen LogP contribution in [0.3, 0.4) is 0 Å². The van der Waals surface area contributed by atoms with Crippen LogP contribution in [-0.2, 0) is 96.5 Å². The van der Waals surface area contributed by atoms with Gasteiger partial charge in [0.15, 0.2) is 32.4 Å². The maximum atomic E-state index is 13.6. The molecule has 2 saturated heterocycles. The van der Waals surface area contributed by atoms with Crippen LogP contribution in [0.5, 0.6) is 0 Å². The van der Waals surface area contributed by atoms with Gasteiger partial charge in [0.2, 0.25) is 0 Å². The molecule has 78 heavy (non-hydrogen) atoms. The first-order valence-electron chi connectivity index (χ1n) is 26.5. The quantitative estimate of drug-likeness (QED) is 0.0601. The van der Waals surface area contributed by atoms with Gasteiger partial charge in [0.05, 0.1) is 49.4 Å².